The molecule has 1 saturated heterocycles. The molecule has 1 aliphatic heterocycles. The summed E-state index contributed by atoms with van der Waals surface area (Å²) >= 11 is 12.2. The second-order valence-corrected chi connectivity index (χ2v) is 6.90. The van der Waals surface area contributed by atoms with Gasteiger partial charge in [-0.05, 0) is 44.5 Å². The van der Waals surface area contributed by atoms with Gasteiger partial charge in [0, 0.05) is 29.2 Å². The fraction of sp³-hybridized carbons (Fsp3) is 0.588. The molecule has 1 aromatic carbocycles. The van der Waals surface area contributed by atoms with Crippen LogP contribution >= 0.6 is 23.2 Å². The van der Waals surface area contributed by atoms with Gasteiger partial charge in [0.05, 0.1) is 6.54 Å². The summed E-state index contributed by atoms with van der Waals surface area (Å²) in [5, 5.41) is 1.28. The van der Waals surface area contributed by atoms with Gasteiger partial charge < -0.3 is 4.90 Å². The zero-order valence-corrected chi connectivity index (χ0v) is 14.8. The third kappa shape index (κ3) is 4.61. The molecule has 2 rings (SSSR count). The Morgan fingerprint density at radius 2 is 1.86 bits per heavy atom. The molecule has 0 aliphatic carbocycles. The van der Waals surface area contributed by atoms with Crippen LogP contribution in [0, 0.1) is 0 Å². The number of amides is 1. The minimum absolute atomic E-state index is 0.0701. The fourth-order valence-electron chi connectivity index (χ4n) is 2.85. The molecule has 1 atom stereocenters. The van der Waals surface area contributed by atoms with E-state index in [0.717, 1.165) is 31.5 Å². The van der Waals surface area contributed by atoms with Crippen molar-refractivity contribution in [2.75, 3.05) is 26.7 Å². The number of carbonyl (C=O) groups excluding carboxylic acids is 1. The van der Waals surface area contributed by atoms with E-state index >= 15 is 0 Å². The van der Waals surface area contributed by atoms with Crippen molar-refractivity contribution in [2.45, 2.75) is 38.6 Å². The molecule has 1 aliphatic rings. The monoisotopic (exact) mass is 342 g/mol. The number of likely N-dealkylation sites (tertiary alicyclic amines) is 1. The maximum Gasteiger partial charge on any atom is 0.236 e. The van der Waals surface area contributed by atoms with Gasteiger partial charge in [-0.1, -0.05) is 42.1 Å². The minimum atomic E-state index is 0.0701. The lowest BCUT2D eigenvalue weighted by atomic mass is 10.1. The van der Waals surface area contributed by atoms with Gasteiger partial charge in [-0.2, -0.15) is 0 Å². The van der Waals surface area contributed by atoms with E-state index in [2.05, 4.69) is 6.92 Å². The maximum atomic E-state index is 12.5. The van der Waals surface area contributed by atoms with Gasteiger partial charge >= 0.3 is 0 Å². The lowest BCUT2D eigenvalue weighted by Gasteiger charge is -2.28. The van der Waals surface area contributed by atoms with Crippen molar-refractivity contribution in [2.24, 2.45) is 0 Å². The highest BCUT2D eigenvalue weighted by molar-refractivity contribution is 6.35. The molecule has 0 saturated carbocycles. The number of hydrogen-bond donors (Lipinski definition) is 0. The minimum Gasteiger partial charge on any atom is -0.342 e. The van der Waals surface area contributed by atoms with Crippen molar-refractivity contribution in [1.29, 1.82) is 0 Å². The number of carbonyl (C=O) groups is 1. The Kier molecular flexibility index (Phi) is 6.54. The van der Waals surface area contributed by atoms with E-state index in [0.29, 0.717) is 16.6 Å². The molecule has 1 heterocycles. The maximum absolute atomic E-state index is 12.5. The fourth-order valence-corrected chi connectivity index (χ4v) is 3.41. The van der Waals surface area contributed by atoms with Crippen molar-refractivity contribution < 1.29 is 4.79 Å². The average molecular weight is 343 g/mol. The standard InChI is InChI=1S/C17H24Cl2N2O/c1-13(15-8-7-14(18)11-16(15)19)20(2)12-17(22)21-9-5-3-4-6-10-21/h7-8,11,13H,3-6,9-10,12H2,1-2H3. The first-order valence-corrected chi connectivity index (χ1v) is 8.67. The van der Waals surface area contributed by atoms with E-state index in [9.17, 15) is 4.79 Å². The largest absolute Gasteiger partial charge is 0.342 e. The van der Waals surface area contributed by atoms with Crippen LogP contribution in [0.25, 0.3) is 0 Å². The molecule has 0 radical (unpaired) electrons. The Morgan fingerprint density at radius 1 is 1.23 bits per heavy atom. The summed E-state index contributed by atoms with van der Waals surface area (Å²) in [5.41, 5.74) is 0.997. The number of likely N-dealkylation sites (N-methyl/N-ethyl adjacent to an activating group) is 1. The lowest BCUT2D eigenvalue weighted by Crippen LogP contribution is -2.40. The highest BCUT2D eigenvalue weighted by Crippen LogP contribution is 2.29. The van der Waals surface area contributed by atoms with Crippen LogP contribution in [0.4, 0.5) is 0 Å². The molecule has 1 fully saturated rings. The van der Waals surface area contributed by atoms with Crippen LogP contribution < -0.4 is 0 Å². The molecule has 0 N–H and O–H groups in total. The SMILES string of the molecule is CC(c1ccc(Cl)cc1Cl)N(C)CC(=O)N1CCCCCC1. The van der Waals surface area contributed by atoms with E-state index in [1.54, 1.807) is 6.07 Å². The summed E-state index contributed by atoms with van der Waals surface area (Å²) in [4.78, 5) is 16.5. The quantitative estimate of drug-likeness (QED) is 0.810. The Hall–Kier alpha value is -0.770. The lowest BCUT2D eigenvalue weighted by molar-refractivity contribution is -0.132. The predicted octanol–water partition coefficient (Wildman–Crippen LogP) is 4.39. The number of halogens is 2. The molecule has 22 heavy (non-hydrogen) atoms. The van der Waals surface area contributed by atoms with Crippen LogP contribution in [0.1, 0.15) is 44.2 Å². The summed E-state index contributed by atoms with van der Waals surface area (Å²) < 4.78 is 0. The molecule has 0 bridgehead atoms. The van der Waals surface area contributed by atoms with Crippen LogP contribution in [0.5, 0.6) is 0 Å². The van der Waals surface area contributed by atoms with E-state index in [4.69, 9.17) is 23.2 Å². The van der Waals surface area contributed by atoms with Crippen LogP contribution in [0.15, 0.2) is 18.2 Å². The molecule has 0 spiro atoms. The molecular weight excluding hydrogens is 319 g/mol. The Balaban J connectivity index is 1.98. The van der Waals surface area contributed by atoms with E-state index < -0.39 is 0 Å². The van der Waals surface area contributed by atoms with Crippen molar-refractivity contribution in [1.82, 2.24) is 9.80 Å². The van der Waals surface area contributed by atoms with Crippen molar-refractivity contribution >= 4 is 29.1 Å². The van der Waals surface area contributed by atoms with Gasteiger partial charge in [0.1, 0.15) is 0 Å². The van der Waals surface area contributed by atoms with Crippen molar-refractivity contribution in [3.8, 4) is 0 Å². The summed E-state index contributed by atoms with van der Waals surface area (Å²) in [6.07, 6.45) is 4.70. The van der Waals surface area contributed by atoms with Gasteiger partial charge in [0.2, 0.25) is 5.91 Å². The van der Waals surface area contributed by atoms with Crippen molar-refractivity contribution in [3.05, 3.63) is 33.8 Å². The number of nitrogens with zero attached hydrogens (tertiary/aromatic N) is 2. The third-order valence-electron chi connectivity index (χ3n) is 4.42. The van der Waals surface area contributed by atoms with Crippen LogP contribution in [-0.4, -0.2) is 42.4 Å². The van der Waals surface area contributed by atoms with Gasteiger partial charge in [-0.25, -0.2) is 0 Å². The Morgan fingerprint density at radius 3 is 2.45 bits per heavy atom. The number of rotatable bonds is 4. The summed E-state index contributed by atoms with van der Waals surface area (Å²) in [5.74, 6) is 0.210. The van der Waals surface area contributed by atoms with Gasteiger partial charge in [0.15, 0.2) is 0 Å². The van der Waals surface area contributed by atoms with Gasteiger partial charge in [-0.3, -0.25) is 9.69 Å². The second kappa shape index (κ2) is 8.19. The molecule has 1 amide bonds. The summed E-state index contributed by atoms with van der Waals surface area (Å²) in [6.45, 7) is 4.26. The van der Waals surface area contributed by atoms with Gasteiger partial charge in [-0.15, -0.1) is 0 Å². The van der Waals surface area contributed by atoms with Crippen LogP contribution in [0.3, 0.4) is 0 Å². The molecule has 3 nitrogen and oxygen atoms in total. The topological polar surface area (TPSA) is 23.6 Å². The van der Waals surface area contributed by atoms with Crippen molar-refractivity contribution in [3.63, 3.8) is 0 Å². The first-order valence-electron chi connectivity index (χ1n) is 7.92. The number of benzene rings is 1. The van der Waals surface area contributed by atoms with E-state index in [-0.39, 0.29) is 11.9 Å². The zero-order valence-electron chi connectivity index (χ0n) is 13.3. The first kappa shape index (κ1) is 17.6. The summed E-state index contributed by atoms with van der Waals surface area (Å²) in [6, 6.07) is 5.59. The Labute approximate surface area is 143 Å². The molecule has 1 aromatic rings. The third-order valence-corrected chi connectivity index (χ3v) is 4.98. The molecule has 1 unspecified atom stereocenters. The zero-order chi connectivity index (χ0) is 16.1. The van der Waals surface area contributed by atoms with Gasteiger partial charge in [0.25, 0.3) is 0 Å². The number of hydrogen-bond acceptors (Lipinski definition) is 2. The van der Waals surface area contributed by atoms with Crippen LogP contribution in [0.2, 0.25) is 10.0 Å². The van der Waals surface area contributed by atoms with E-state index in [1.807, 2.05) is 29.0 Å². The summed E-state index contributed by atoms with van der Waals surface area (Å²) in [7, 11) is 1.96. The molecular formula is C17H24Cl2N2O. The Bertz CT molecular complexity index is 513. The highest BCUT2D eigenvalue weighted by atomic mass is 35.5. The predicted molar refractivity (Wildman–Crippen MR) is 92.6 cm³/mol. The molecule has 0 aromatic heterocycles. The second-order valence-electron chi connectivity index (χ2n) is 6.05. The normalized spacial score (nSPS) is 17.4. The average Bonchev–Trinajstić information content (AvgIpc) is 2.75. The van der Waals surface area contributed by atoms with E-state index in [1.165, 1.54) is 12.8 Å². The smallest absolute Gasteiger partial charge is 0.236 e. The van der Waals surface area contributed by atoms with Crippen LogP contribution in [-0.2, 0) is 4.79 Å². The highest BCUT2D eigenvalue weighted by Gasteiger charge is 2.21. The first-order chi connectivity index (χ1) is 10.5. The molecule has 122 valence electrons. The molecule has 5 heteroatoms.